The highest BCUT2D eigenvalue weighted by Gasteiger charge is 2.16. The predicted molar refractivity (Wildman–Crippen MR) is 96.2 cm³/mol. The number of para-hydroxylation sites is 1. The highest BCUT2D eigenvalue weighted by molar-refractivity contribution is 5.84. The molecular formula is C18H24N4O3. The largest absolute Gasteiger partial charge is 0.342 e. The van der Waals surface area contributed by atoms with Crippen LogP contribution >= 0.6 is 0 Å². The van der Waals surface area contributed by atoms with Crippen molar-refractivity contribution >= 4 is 22.7 Å². The quantitative estimate of drug-likeness (QED) is 0.817. The molecule has 0 saturated heterocycles. The number of nitrogens with one attached hydrogen (secondary N) is 1. The average molecular weight is 344 g/mol. The summed E-state index contributed by atoms with van der Waals surface area (Å²) in [5.74, 6) is 0.245. The van der Waals surface area contributed by atoms with Crippen molar-refractivity contribution in [2.75, 3.05) is 26.7 Å². The van der Waals surface area contributed by atoms with Crippen molar-refractivity contribution in [1.82, 2.24) is 19.8 Å². The number of nitrogens with zero attached hydrogens (tertiary/aromatic N) is 3. The van der Waals surface area contributed by atoms with Gasteiger partial charge in [0, 0.05) is 33.0 Å². The number of rotatable bonds is 7. The van der Waals surface area contributed by atoms with Gasteiger partial charge in [0.05, 0.1) is 17.4 Å². The maximum Gasteiger partial charge on any atom is 0.258 e. The number of aryl methyl sites for hydroxylation is 1. The molecule has 0 aliphatic rings. The van der Waals surface area contributed by atoms with Crippen LogP contribution in [0.2, 0.25) is 0 Å². The Morgan fingerprint density at radius 2 is 1.80 bits per heavy atom. The minimum atomic E-state index is -0.210. The summed E-state index contributed by atoms with van der Waals surface area (Å²) in [4.78, 5) is 46.5. The van der Waals surface area contributed by atoms with Gasteiger partial charge in [-0.3, -0.25) is 14.4 Å². The summed E-state index contributed by atoms with van der Waals surface area (Å²) in [7, 11) is 1.61. The number of benzene rings is 1. The number of aromatic amines is 1. The minimum Gasteiger partial charge on any atom is -0.342 e. The summed E-state index contributed by atoms with van der Waals surface area (Å²) in [5, 5.41) is 0.527. The number of carbonyl (C=O) groups is 2. The lowest BCUT2D eigenvalue weighted by Crippen LogP contribution is -2.41. The molecule has 2 amide bonds. The van der Waals surface area contributed by atoms with E-state index in [-0.39, 0.29) is 30.3 Å². The van der Waals surface area contributed by atoms with Gasteiger partial charge in [-0.05, 0) is 26.0 Å². The Hall–Kier alpha value is -2.70. The van der Waals surface area contributed by atoms with E-state index in [0.29, 0.717) is 36.2 Å². The van der Waals surface area contributed by atoms with Crippen molar-refractivity contribution in [3.05, 3.63) is 40.4 Å². The van der Waals surface area contributed by atoms with Crippen LogP contribution in [0.4, 0.5) is 0 Å². The van der Waals surface area contributed by atoms with E-state index in [1.165, 1.54) is 4.90 Å². The van der Waals surface area contributed by atoms with Crippen molar-refractivity contribution in [2.45, 2.75) is 26.7 Å². The van der Waals surface area contributed by atoms with E-state index in [9.17, 15) is 14.4 Å². The molecule has 1 aromatic carbocycles. The van der Waals surface area contributed by atoms with Gasteiger partial charge in [-0.15, -0.1) is 0 Å². The Labute approximate surface area is 146 Å². The van der Waals surface area contributed by atoms with E-state index < -0.39 is 0 Å². The van der Waals surface area contributed by atoms with Gasteiger partial charge in [0.15, 0.2) is 0 Å². The first kappa shape index (κ1) is 18.6. The molecule has 0 saturated carbocycles. The fraction of sp³-hybridized carbons (Fsp3) is 0.444. The molecule has 1 N–H and O–H groups in total. The van der Waals surface area contributed by atoms with Crippen molar-refractivity contribution in [2.24, 2.45) is 0 Å². The van der Waals surface area contributed by atoms with Crippen LogP contribution in [0.5, 0.6) is 0 Å². The number of H-pyrrole nitrogens is 1. The molecule has 0 unspecified atom stereocenters. The van der Waals surface area contributed by atoms with E-state index in [1.54, 1.807) is 30.1 Å². The monoisotopic (exact) mass is 344 g/mol. The minimum absolute atomic E-state index is 0.0577. The van der Waals surface area contributed by atoms with E-state index in [4.69, 9.17) is 0 Å². The fourth-order valence-electron chi connectivity index (χ4n) is 2.64. The molecule has 0 fully saturated rings. The molecule has 1 heterocycles. The zero-order valence-electron chi connectivity index (χ0n) is 14.9. The van der Waals surface area contributed by atoms with E-state index in [1.807, 2.05) is 19.9 Å². The van der Waals surface area contributed by atoms with Crippen LogP contribution in [0.3, 0.4) is 0 Å². The van der Waals surface area contributed by atoms with Gasteiger partial charge >= 0.3 is 0 Å². The Balaban J connectivity index is 1.97. The maximum atomic E-state index is 12.2. The molecule has 0 bridgehead atoms. The third-order valence-electron chi connectivity index (χ3n) is 4.15. The third kappa shape index (κ3) is 4.65. The third-order valence-corrected chi connectivity index (χ3v) is 4.15. The maximum absolute atomic E-state index is 12.2. The first-order valence-electron chi connectivity index (χ1n) is 8.45. The molecule has 7 heteroatoms. The molecule has 25 heavy (non-hydrogen) atoms. The number of aromatic nitrogens is 2. The van der Waals surface area contributed by atoms with E-state index in [0.717, 1.165) is 0 Å². The molecule has 0 aliphatic carbocycles. The Morgan fingerprint density at radius 1 is 1.12 bits per heavy atom. The molecule has 2 aromatic rings. The van der Waals surface area contributed by atoms with E-state index in [2.05, 4.69) is 9.97 Å². The predicted octanol–water partition coefficient (Wildman–Crippen LogP) is 1.18. The lowest BCUT2D eigenvalue weighted by atomic mass is 10.2. The number of fused-ring (bicyclic) bond motifs is 1. The molecule has 0 aliphatic heterocycles. The number of carbonyl (C=O) groups excluding carboxylic acids is 2. The fourth-order valence-corrected chi connectivity index (χ4v) is 2.64. The number of hydrogen-bond donors (Lipinski definition) is 1. The number of amides is 2. The van der Waals surface area contributed by atoms with Crippen molar-refractivity contribution in [3.8, 4) is 0 Å². The van der Waals surface area contributed by atoms with Crippen molar-refractivity contribution in [1.29, 1.82) is 0 Å². The highest BCUT2D eigenvalue weighted by atomic mass is 16.2. The van der Waals surface area contributed by atoms with Gasteiger partial charge in [-0.25, -0.2) is 4.98 Å². The van der Waals surface area contributed by atoms with Crippen LogP contribution in [0, 0.1) is 0 Å². The van der Waals surface area contributed by atoms with Crippen LogP contribution < -0.4 is 5.56 Å². The zero-order chi connectivity index (χ0) is 18.4. The van der Waals surface area contributed by atoms with Crippen molar-refractivity contribution < 1.29 is 9.59 Å². The van der Waals surface area contributed by atoms with Gasteiger partial charge in [0.25, 0.3) is 5.56 Å². The molecular weight excluding hydrogens is 320 g/mol. The molecule has 2 rings (SSSR count). The zero-order valence-corrected chi connectivity index (χ0v) is 14.9. The first-order valence-corrected chi connectivity index (χ1v) is 8.45. The van der Waals surface area contributed by atoms with Crippen molar-refractivity contribution in [3.63, 3.8) is 0 Å². The van der Waals surface area contributed by atoms with Crippen LogP contribution in [0.25, 0.3) is 10.9 Å². The molecule has 0 radical (unpaired) electrons. The second kappa shape index (κ2) is 8.41. The van der Waals surface area contributed by atoms with Crippen LogP contribution in [-0.4, -0.2) is 58.3 Å². The Kier molecular flexibility index (Phi) is 6.27. The Bertz CT molecular complexity index is 811. The van der Waals surface area contributed by atoms with Gasteiger partial charge < -0.3 is 14.8 Å². The molecule has 1 aromatic heterocycles. The summed E-state index contributed by atoms with van der Waals surface area (Å²) in [5.41, 5.74) is 0.400. The number of likely N-dealkylation sites (N-methyl/N-ethyl adjacent to an activating group) is 2. The lowest BCUT2D eigenvalue weighted by molar-refractivity contribution is -0.139. The van der Waals surface area contributed by atoms with Gasteiger partial charge in [-0.1, -0.05) is 12.1 Å². The standard InChI is InChI=1S/C18H24N4O3/c1-4-22(5-2)17(24)12-21(3)16(23)11-10-15-19-14-9-7-6-8-13(14)18(25)20-15/h6-9H,4-5,10-12H2,1-3H3,(H,19,20,25). The Morgan fingerprint density at radius 3 is 2.48 bits per heavy atom. The molecule has 0 spiro atoms. The topological polar surface area (TPSA) is 86.4 Å². The lowest BCUT2D eigenvalue weighted by Gasteiger charge is -2.23. The average Bonchev–Trinajstić information content (AvgIpc) is 2.60. The van der Waals surface area contributed by atoms with Gasteiger partial charge in [-0.2, -0.15) is 0 Å². The van der Waals surface area contributed by atoms with Crippen LogP contribution in [0.1, 0.15) is 26.1 Å². The van der Waals surface area contributed by atoms with Gasteiger partial charge in [0.1, 0.15) is 5.82 Å². The molecule has 0 atom stereocenters. The number of hydrogen-bond acceptors (Lipinski definition) is 4. The summed E-state index contributed by atoms with van der Waals surface area (Å²) in [6.07, 6.45) is 0.506. The molecule has 134 valence electrons. The summed E-state index contributed by atoms with van der Waals surface area (Å²) >= 11 is 0. The second-order valence-electron chi connectivity index (χ2n) is 5.85. The van der Waals surface area contributed by atoms with E-state index >= 15 is 0 Å². The summed E-state index contributed by atoms with van der Waals surface area (Å²) in [6.45, 7) is 5.12. The molecule has 7 nitrogen and oxygen atoms in total. The van der Waals surface area contributed by atoms with Crippen LogP contribution in [0.15, 0.2) is 29.1 Å². The first-order chi connectivity index (χ1) is 12.0. The highest BCUT2D eigenvalue weighted by Crippen LogP contribution is 2.07. The summed E-state index contributed by atoms with van der Waals surface area (Å²) < 4.78 is 0. The summed E-state index contributed by atoms with van der Waals surface area (Å²) in [6, 6.07) is 7.08. The SMILES string of the molecule is CCN(CC)C(=O)CN(C)C(=O)CCc1nc2ccccc2c(=O)[nH]1. The van der Waals surface area contributed by atoms with Gasteiger partial charge in [0.2, 0.25) is 11.8 Å². The van der Waals surface area contributed by atoms with Crippen LogP contribution in [-0.2, 0) is 16.0 Å². The smallest absolute Gasteiger partial charge is 0.258 e. The second-order valence-corrected chi connectivity index (χ2v) is 5.85. The normalized spacial score (nSPS) is 10.7.